The van der Waals surface area contributed by atoms with Crippen molar-refractivity contribution >= 4 is 97.9 Å². The minimum Gasteiger partial charge on any atom is -0.494 e. The van der Waals surface area contributed by atoms with Crippen LogP contribution in [0.1, 0.15) is 170 Å². The van der Waals surface area contributed by atoms with Crippen molar-refractivity contribution in [1.82, 2.24) is 58.3 Å². The Morgan fingerprint density at radius 3 is 1.08 bits per heavy atom. The number of ether oxygens (including phenoxy) is 9. The monoisotopic (exact) mass is 2090 g/mol. The lowest BCUT2D eigenvalue weighted by atomic mass is 10.1. The van der Waals surface area contributed by atoms with Crippen LogP contribution in [0.2, 0.25) is 0 Å². The van der Waals surface area contributed by atoms with Gasteiger partial charge in [-0.2, -0.15) is 10.5 Å². The van der Waals surface area contributed by atoms with Crippen LogP contribution < -0.4 is 20.7 Å². The second kappa shape index (κ2) is 71.2. The van der Waals surface area contributed by atoms with Gasteiger partial charge in [0.05, 0.1) is 214 Å². The SMILES string of the molecule is CC[C@H]1O[C@@H](n2ccc(=O)n(CCCCCCCOc3ccc(C#Cc4cc(CN(CCN(CC(C)=O)CC(C)=O)CC(C)=O)nc(CN(CCN(CC(=O)OC)CC(=O)OC)CC(=O)OC)c4)cc3)c2=O)CC1OP(C)OCCC#N.COC(=O)CN(CCN(CC(=O)OC)Cc1cc(C#Cc2ccc(OCCCCOP(Cl)OCCC#N)cc2)cc(CN(CCN(CC(C)=O)CC(C)=O)CC(C)=O)n1)CC(=O)OC. The van der Waals surface area contributed by atoms with E-state index in [4.69, 9.17) is 92.5 Å². The third-order valence-electron chi connectivity index (χ3n) is 21.9. The van der Waals surface area contributed by atoms with Crippen molar-refractivity contribution in [3.05, 3.63) is 151 Å². The van der Waals surface area contributed by atoms with Crippen molar-refractivity contribution < 1.29 is 118 Å². The van der Waals surface area contributed by atoms with E-state index in [1.165, 1.54) is 106 Å². The fourth-order valence-corrected chi connectivity index (χ4v) is 17.0. The predicted molar refractivity (Wildman–Crippen MR) is 542 cm³/mol. The van der Waals surface area contributed by atoms with Crippen molar-refractivity contribution in [2.75, 3.05) is 213 Å². The number of rotatable bonds is 70. The summed E-state index contributed by atoms with van der Waals surface area (Å²) in [5, 5.41) is 17.4. The standard InChI is InChI=1S/C58H81N8O15P.C44H60ClN6O12P/c1-9-51-52(81-82(8)79-31-15-23-59)34-54(80-51)66-25-22-53(70)65(58(66)74)24-13-11-10-12-14-30-78-50-20-18-46(19-21-50)16-17-47-32-48(38-62(37-45(4)69)27-26-61(35-43(2)67)36-44(3)68)60-49(33-47)39-63(40-55(71)75-5)28-29-64(41-56(72)76-6)42-57(73)77-7;1-34(52)26-48(27-35(2)53)17-18-49(28-36(3)54)29-39-24-38(11-10-37-12-14-41(15-13-37)61-21-7-8-22-62-64(45)63-23-9-16-46)25-40(47-39)30-50(31-42(55)58-4)19-20-51(32-43(56)59-5)33-44(57)60-6/h18-22,25,32-33,51-52,54H,9-15,24,26-31,34-42H2,1-8H3;12-15,24-25H,7-9,17-23,26-33H2,1-6H3/t51-,52?,54-,82?;/m1./s1. The van der Waals surface area contributed by atoms with Crippen LogP contribution in [0.15, 0.2) is 94.6 Å². The summed E-state index contributed by atoms with van der Waals surface area (Å²) in [5.41, 5.74) is 4.05. The van der Waals surface area contributed by atoms with Crippen molar-refractivity contribution in [3.8, 4) is 47.3 Å². The zero-order chi connectivity index (χ0) is 107. The van der Waals surface area contributed by atoms with Crippen molar-refractivity contribution in [2.24, 2.45) is 0 Å². The van der Waals surface area contributed by atoms with Crippen LogP contribution in [0.5, 0.6) is 11.5 Å². The van der Waals surface area contributed by atoms with Gasteiger partial charge >= 0.3 is 41.5 Å². The van der Waals surface area contributed by atoms with Gasteiger partial charge in [0.25, 0.3) is 13.3 Å². The largest absolute Gasteiger partial charge is 0.494 e. The lowest BCUT2D eigenvalue weighted by Crippen LogP contribution is -2.42. The molecule has 41 nitrogen and oxygen atoms in total. The Bertz CT molecular complexity index is 5280. The maximum atomic E-state index is 13.5. The number of ketones is 6. The number of Topliss-reactive ketones (excluding diaryl/α,β-unsaturated/α-hetero) is 6. The first-order chi connectivity index (χ1) is 69.9. The summed E-state index contributed by atoms with van der Waals surface area (Å²) >= 11 is 5.99. The van der Waals surface area contributed by atoms with Gasteiger partial charge in [0.1, 0.15) is 52.4 Å². The van der Waals surface area contributed by atoms with Gasteiger partial charge in [-0.3, -0.25) is 121 Å². The third kappa shape index (κ3) is 53.3. The van der Waals surface area contributed by atoms with Crippen molar-refractivity contribution in [3.63, 3.8) is 0 Å². The molecule has 146 heavy (non-hydrogen) atoms. The molecule has 1 aliphatic heterocycles. The smallest absolute Gasteiger partial charge is 0.333 e. The van der Waals surface area contributed by atoms with Gasteiger partial charge in [0, 0.05) is 133 Å². The highest BCUT2D eigenvalue weighted by atomic mass is 35.7. The molecule has 1 aliphatic rings. The van der Waals surface area contributed by atoms with Gasteiger partial charge in [0.2, 0.25) is 0 Å². The van der Waals surface area contributed by atoms with E-state index in [9.17, 15) is 67.1 Å². The molecule has 6 rings (SSSR count). The Kier molecular flexibility index (Phi) is 61.0. The summed E-state index contributed by atoms with van der Waals surface area (Å²) in [5.74, 6) is 10.4. The number of halogens is 1. The number of esters is 6. The number of unbranched alkanes of at least 4 members (excludes halogenated alkanes) is 5. The van der Waals surface area contributed by atoms with E-state index in [1.807, 2.05) is 90.1 Å². The molecule has 1 saturated heterocycles. The Morgan fingerprint density at radius 2 is 0.719 bits per heavy atom. The Balaban J connectivity index is 0.000000530. The number of benzene rings is 2. The van der Waals surface area contributed by atoms with Crippen LogP contribution in [-0.2, 0) is 142 Å². The summed E-state index contributed by atoms with van der Waals surface area (Å²) in [7, 11) is 4.77. The number of nitriles is 2. The zero-order valence-electron chi connectivity index (χ0n) is 86.4. The van der Waals surface area contributed by atoms with Crippen LogP contribution >= 0.6 is 27.3 Å². The summed E-state index contributed by atoms with van der Waals surface area (Å²) in [6.07, 6.45) is 7.46. The molecule has 0 aliphatic carbocycles. The molecule has 1 fully saturated rings. The Morgan fingerprint density at radius 1 is 0.411 bits per heavy atom. The van der Waals surface area contributed by atoms with Crippen LogP contribution in [0.4, 0.5) is 0 Å². The molecule has 2 aromatic carbocycles. The summed E-state index contributed by atoms with van der Waals surface area (Å²) in [6.45, 7) is 17.0. The molecule has 0 saturated carbocycles. The molecule has 0 radical (unpaired) electrons. The molecule has 0 spiro atoms. The van der Waals surface area contributed by atoms with Crippen LogP contribution in [0.3, 0.4) is 0 Å². The highest BCUT2D eigenvalue weighted by molar-refractivity contribution is 7.76. The number of hydrogen-bond donors (Lipinski definition) is 0. The molecule has 5 aromatic rings. The first-order valence-electron chi connectivity index (χ1n) is 48.1. The molecule has 0 N–H and O–H groups in total. The molecular weight excluding hydrogens is 1950 g/mol. The van der Waals surface area contributed by atoms with E-state index in [0.29, 0.717) is 128 Å². The molecule has 4 heterocycles. The summed E-state index contributed by atoms with van der Waals surface area (Å²) in [4.78, 5) is 197. The van der Waals surface area contributed by atoms with Crippen LogP contribution in [0.25, 0.3) is 0 Å². The topological polar surface area (TPSA) is 468 Å². The fraction of sp³-hybridized carbons (Fsp3) is 0.569. The second-order valence-electron chi connectivity index (χ2n) is 34.6. The van der Waals surface area contributed by atoms with E-state index in [2.05, 4.69) is 29.8 Å². The molecule has 798 valence electrons. The fourth-order valence-electron chi connectivity index (χ4n) is 15.0. The summed E-state index contributed by atoms with van der Waals surface area (Å²) < 4.78 is 72.6. The first kappa shape index (κ1) is 125. The maximum absolute atomic E-state index is 13.5. The number of pyridine rings is 2. The van der Waals surface area contributed by atoms with E-state index in [1.54, 1.807) is 41.5 Å². The average molecular weight is 2090 g/mol. The molecule has 3 aromatic heterocycles. The zero-order valence-corrected chi connectivity index (χ0v) is 88.9. The van der Waals surface area contributed by atoms with Crippen LogP contribution in [0, 0.1) is 46.3 Å². The number of carbonyl (C=O) groups is 12. The highest BCUT2D eigenvalue weighted by Gasteiger charge is 2.38. The number of methoxy groups -OCH3 is 6. The predicted octanol–water partition coefficient (Wildman–Crippen LogP) is 7.83. The summed E-state index contributed by atoms with van der Waals surface area (Å²) in [6, 6.07) is 27.4. The van der Waals surface area contributed by atoms with Crippen molar-refractivity contribution in [2.45, 2.75) is 170 Å². The molecular formula is C102H141ClN14O27P2. The van der Waals surface area contributed by atoms with Gasteiger partial charge in [-0.15, -0.1) is 0 Å². The number of hydrogen-bond acceptors (Lipinski definition) is 39. The Labute approximate surface area is 862 Å². The van der Waals surface area contributed by atoms with Gasteiger partial charge in [0.15, 0.2) is 8.38 Å². The Hall–Kier alpha value is -11.4. The van der Waals surface area contributed by atoms with E-state index in [-0.39, 0.29) is 216 Å². The van der Waals surface area contributed by atoms with Crippen molar-refractivity contribution in [1.29, 1.82) is 10.5 Å². The molecule has 5 atom stereocenters. The van der Waals surface area contributed by atoms with E-state index < -0.39 is 63.8 Å². The van der Waals surface area contributed by atoms with E-state index in [0.717, 1.165) is 32.1 Å². The molecule has 0 bridgehead atoms. The number of carbonyl (C=O) groups excluding carboxylic acids is 12. The van der Waals surface area contributed by atoms with Gasteiger partial charge in [-0.25, -0.2) is 4.79 Å². The number of aromatic nitrogens is 4. The van der Waals surface area contributed by atoms with Gasteiger partial charge in [-0.1, -0.05) is 49.9 Å². The highest BCUT2D eigenvalue weighted by Crippen LogP contribution is 2.44. The van der Waals surface area contributed by atoms with Crippen LogP contribution in [-0.4, -0.2) is 354 Å². The second-order valence-corrected chi connectivity index (χ2v) is 37.8. The quantitative estimate of drug-likeness (QED) is 0.0118. The minimum absolute atomic E-state index is 0.0724. The minimum atomic E-state index is -1.54. The maximum Gasteiger partial charge on any atom is 0.333 e. The molecule has 44 heteroatoms. The molecule has 0 amide bonds. The average Bonchev–Trinajstić information content (AvgIpc) is 1.61. The lowest BCUT2D eigenvalue weighted by Gasteiger charge is -2.27. The third-order valence-corrected chi connectivity index (χ3v) is 24.3. The van der Waals surface area contributed by atoms with E-state index >= 15 is 0 Å². The van der Waals surface area contributed by atoms with Gasteiger partial charge in [-0.05, 0) is 158 Å². The molecule has 3 unspecified atom stereocenters. The lowest BCUT2D eigenvalue weighted by molar-refractivity contribution is -0.147. The number of nitrogens with zero attached hydrogens (tertiary/aromatic N) is 14. The first-order valence-corrected chi connectivity index (χ1v) is 51.8. The van der Waals surface area contributed by atoms with Gasteiger partial charge < -0.3 is 60.7 Å². The normalized spacial score (nSPS) is 13.6.